The number of nitro benzene ring substituents is 1. The fraction of sp³-hybridized carbons (Fsp3) is 0.533. The third-order valence-electron chi connectivity index (χ3n) is 4.25. The van der Waals surface area contributed by atoms with Crippen LogP contribution in [0, 0.1) is 22.0 Å². The fourth-order valence-corrected chi connectivity index (χ4v) is 2.78. The molecule has 1 heterocycles. The van der Waals surface area contributed by atoms with Crippen LogP contribution in [-0.2, 0) is 0 Å². The van der Waals surface area contributed by atoms with Crippen molar-refractivity contribution >= 4 is 17.3 Å². The lowest BCUT2D eigenvalue weighted by Gasteiger charge is -2.34. The van der Waals surface area contributed by atoms with E-state index in [0.717, 1.165) is 12.8 Å². The summed E-state index contributed by atoms with van der Waals surface area (Å²) in [4.78, 5) is 24.5. The number of hydrogen-bond donors (Lipinski definition) is 1. The molecule has 1 fully saturated rings. The first-order valence-electron chi connectivity index (χ1n) is 7.23. The minimum absolute atomic E-state index is 0.107. The van der Waals surface area contributed by atoms with Crippen molar-refractivity contribution < 1.29 is 9.72 Å². The molecule has 0 aliphatic carbocycles. The van der Waals surface area contributed by atoms with Crippen molar-refractivity contribution in [3.05, 3.63) is 33.9 Å². The third-order valence-corrected chi connectivity index (χ3v) is 4.25. The highest BCUT2D eigenvalue weighted by Gasteiger charge is 2.27. The molecular formula is C15H21N3O3. The summed E-state index contributed by atoms with van der Waals surface area (Å²) in [5, 5.41) is 10.8. The summed E-state index contributed by atoms with van der Waals surface area (Å²) in [6.07, 6.45) is 1.94. The summed E-state index contributed by atoms with van der Waals surface area (Å²) in [5.41, 5.74) is 6.21. The van der Waals surface area contributed by atoms with Gasteiger partial charge >= 0.3 is 0 Å². The van der Waals surface area contributed by atoms with Crippen LogP contribution >= 0.6 is 0 Å². The number of hydrogen-bond acceptors (Lipinski definition) is 4. The number of benzene rings is 1. The van der Waals surface area contributed by atoms with Crippen LogP contribution in [0.15, 0.2) is 18.2 Å². The van der Waals surface area contributed by atoms with Gasteiger partial charge in [0, 0.05) is 30.9 Å². The average molecular weight is 291 g/mol. The van der Waals surface area contributed by atoms with Crippen molar-refractivity contribution in [1.82, 2.24) is 4.90 Å². The first-order valence-corrected chi connectivity index (χ1v) is 7.23. The number of carbonyl (C=O) groups is 1. The SMILES string of the molecule is CC(C)C1CCN(C(=O)c2cc([N+](=O)[O-])ccc2N)CC1. The van der Waals surface area contributed by atoms with Gasteiger partial charge in [-0.25, -0.2) is 0 Å². The van der Waals surface area contributed by atoms with E-state index >= 15 is 0 Å². The summed E-state index contributed by atoms with van der Waals surface area (Å²) in [5.74, 6) is 1.04. The summed E-state index contributed by atoms with van der Waals surface area (Å²) in [6.45, 7) is 5.76. The van der Waals surface area contributed by atoms with Gasteiger partial charge in [0.1, 0.15) is 0 Å². The van der Waals surface area contributed by atoms with E-state index in [1.807, 2.05) is 0 Å². The Balaban J connectivity index is 2.14. The van der Waals surface area contributed by atoms with Crippen LogP contribution in [0.1, 0.15) is 37.0 Å². The van der Waals surface area contributed by atoms with Gasteiger partial charge in [-0.1, -0.05) is 13.8 Å². The Bertz CT molecular complexity index is 549. The molecule has 1 aromatic carbocycles. The lowest BCUT2D eigenvalue weighted by molar-refractivity contribution is -0.384. The number of piperidine rings is 1. The molecule has 1 amide bonds. The fourth-order valence-electron chi connectivity index (χ4n) is 2.78. The molecule has 6 nitrogen and oxygen atoms in total. The van der Waals surface area contributed by atoms with Crippen LogP contribution in [0.25, 0.3) is 0 Å². The molecule has 21 heavy (non-hydrogen) atoms. The number of nitrogens with two attached hydrogens (primary N) is 1. The van der Waals surface area contributed by atoms with Gasteiger partial charge in [0.05, 0.1) is 10.5 Å². The van der Waals surface area contributed by atoms with Crippen molar-refractivity contribution in [2.45, 2.75) is 26.7 Å². The highest BCUT2D eigenvalue weighted by atomic mass is 16.6. The molecule has 6 heteroatoms. The largest absolute Gasteiger partial charge is 0.398 e. The minimum Gasteiger partial charge on any atom is -0.398 e. The predicted octanol–water partition coefficient (Wildman–Crippen LogP) is 2.69. The highest BCUT2D eigenvalue weighted by Crippen LogP contribution is 2.27. The summed E-state index contributed by atoms with van der Waals surface area (Å²) in [7, 11) is 0. The van der Waals surface area contributed by atoms with Gasteiger partial charge in [0.25, 0.3) is 11.6 Å². The molecule has 2 rings (SSSR count). The number of anilines is 1. The topological polar surface area (TPSA) is 89.5 Å². The van der Waals surface area contributed by atoms with Gasteiger partial charge in [0.15, 0.2) is 0 Å². The molecule has 2 N–H and O–H groups in total. The van der Waals surface area contributed by atoms with E-state index in [1.165, 1.54) is 18.2 Å². The molecule has 1 aliphatic rings. The molecule has 0 bridgehead atoms. The number of carbonyl (C=O) groups excluding carboxylic acids is 1. The van der Waals surface area contributed by atoms with Crippen LogP contribution in [0.3, 0.4) is 0 Å². The van der Waals surface area contributed by atoms with E-state index in [9.17, 15) is 14.9 Å². The van der Waals surface area contributed by atoms with E-state index < -0.39 is 4.92 Å². The molecular weight excluding hydrogens is 270 g/mol. The predicted molar refractivity (Wildman–Crippen MR) is 81.0 cm³/mol. The zero-order valence-corrected chi connectivity index (χ0v) is 12.4. The van der Waals surface area contributed by atoms with Crippen molar-refractivity contribution in [1.29, 1.82) is 0 Å². The Morgan fingerprint density at radius 3 is 2.52 bits per heavy atom. The monoisotopic (exact) mass is 291 g/mol. The van der Waals surface area contributed by atoms with Crippen LogP contribution in [-0.4, -0.2) is 28.8 Å². The van der Waals surface area contributed by atoms with Crippen LogP contribution in [0.2, 0.25) is 0 Å². The second-order valence-corrected chi connectivity index (χ2v) is 5.90. The van der Waals surface area contributed by atoms with Crippen LogP contribution in [0.5, 0.6) is 0 Å². The molecule has 114 valence electrons. The summed E-state index contributed by atoms with van der Waals surface area (Å²) < 4.78 is 0. The maximum Gasteiger partial charge on any atom is 0.270 e. The van der Waals surface area contributed by atoms with Gasteiger partial charge < -0.3 is 10.6 Å². The van der Waals surface area contributed by atoms with E-state index in [-0.39, 0.29) is 22.8 Å². The molecule has 0 unspecified atom stereocenters. The number of rotatable bonds is 3. The summed E-state index contributed by atoms with van der Waals surface area (Å²) in [6, 6.07) is 4.01. The average Bonchev–Trinajstić information content (AvgIpc) is 2.47. The normalized spacial score (nSPS) is 16.2. The van der Waals surface area contributed by atoms with Gasteiger partial charge in [-0.15, -0.1) is 0 Å². The van der Waals surface area contributed by atoms with Crippen molar-refractivity contribution in [2.75, 3.05) is 18.8 Å². The molecule has 1 saturated heterocycles. The zero-order valence-electron chi connectivity index (χ0n) is 12.4. The van der Waals surface area contributed by atoms with Crippen LogP contribution < -0.4 is 5.73 Å². The Morgan fingerprint density at radius 2 is 2.00 bits per heavy atom. The smallest absolute Gasteiger partial charge is 0.270 e. The minimum atomic E-state index is -0.513. The molecule has 0 saturated carbocycles. The van der Waals surface area contributed by atoms with Gasteiger partial charge in [-0.2, -0.15) is 0 Å². The Labute approximate surface area is 124 Å². The van der Waals surface area contributed by atoms with E-state index in [1.54, 1.807) is 4.90 Å². The molecule has 0 spiro atoms. The highest BCUT2D eigenvalue weighted by molar-refractivity contribution is 5.99. The number of non-ortho nitro benzene ring substituents is 1. The molecule has 0 aromatic heterocycles. The van der Waals surface area contributed by atoms with E-state index in [0.29, 0.717) is 24.9 Å². The molecule has 0 radical (unpaired) electrons. The molecule has 0 atom stereocenters. The first kappa shape index (κ1) is 15.3. The standard InChI is InChI=1S/C15H21N3O3/c1-10(2)11-5-7-17(8-6-11)15(19)13-9-12(18(20)21)3-4-14(13)16/h3-4,9-11H,5-8,16H2,1-2H3. The number of nitrogens with zero attached hydrogens (tertiary/aromatic N) is 2. The van der Waals surface area contributed by atoms with Gasteiger partial charge in [0.2, 0.25) is 0 Å². The number of nitrogen functional groups attached to an aromatic ring is 1. The molecule has 1 aromatic rings. The van der Waals surface area contributed by atoms with Crippen LogP contribution in [0.4, 0.5) is 11.4 Å². The number of amides is 1. The number of likely N-dealkylation sites (tertiary alicyclic amines) is 1. The lowest BCUT2D eigenvalue weighted by Crippen LogP contribution is -2.39. The lowest BCUT2D eigenvalue weighted by atomic mass is 9.86. The third kappa shape index (κ3) is 3.32. The van der Waals surface area contributed by atoms with Crippen molar-refractivity contribution in [3.8, 4) is 0 Å². The van der Waals surface area contributed by atoms with Gasteiger partial charge in [-0.3, -0.25) is 14.9 Å². The van der Waals surface area contributed by atoms with Gasteiger partial charge in [-0.05, 0) is 30.7 Å². The maximum absolute atomic E-state index is 12.5. The summed E-state index contributed by atoms with van der Waals surface area (Å²) >= 11 is 0. The van der Waals surface area contributed by atoms with E-state index in [4.69, 9.17) is 5.73 Å². The second kappa shape index (κ2) is 6.11. The zero-order chi connectivity index (χ0) is 15.6. The Kier molecular flexibility index (Phi) is 4.45. The van der Waals surface area contributed by atoms with Crippen molar-refractivity contribution in [3.63, 3.8) is 0 Å². The quantitative estimate of drug-likeness (QED) is 0.526. The maximum atomic E-state index is 12.5. The first-order chi connectivity index (χ1) is 9.90. The Hall–Kier alpha value is -2.11. The Morgan fingerprint density at radius 1 is 1.38 bits per heavy atom. The number of nitro groups is 1. The van der Waals surface area contributed by atoms with E-state index in [2.05, 4.69) is 13.8 Å². The molecule has 1 aliphatic heterocycles. The van der Waals surface area contributed by atoms with Crippen molar-refractivity contribution in [2.24, 2.45) is 11.8 Å². The second-order valence-electron chi connectivity index (χ2n) is 5.90.